The predicted molar refractivity (Wildman–Crippen MR) is 60.9 cm³/mol. The lowest BCUT2D eigenvalue weighted by molar-refractivity contribution is 0.327. The van der Waals surface area contributed by atoms with Crippen molar-refractivity contribution in [2.75, 3.05) is 19.7 Å². The molecule has 1 saturated heterocycles. The first kappa shape index (κ1) is 10.2. The number of aromatic nitrogens is 1. The van der Waals surface area contributed by atoms with Crippen molar-refractivity contribution in [1.29, 1.82) is 0 Å². The first-order chi connectivity index (χ1) is 7.38. The van der Waals surface area contributed by atoms with Crippen LogP contribution in [-0.4, -0.2) is 24.7 Å². The Hall–Kier alpha value is -1.35. The molecule has 3 heteroatoms. The summed E-state index contributed by atoms with van der Waals surface area (Å²) in [4.78, 5) is 4.14. The predicted octanol–water partition coefficient (Wildman–Crippen LogP) is 1.86. The molecule has 1 aliphatic rings. The maximum atomic E-state index is 5.35. The molecule has 0 aromatic carbocycles. The second-order valence-electron chi connectivity index (χ2n) is 3.59. The maximum absolute atomic E-state index is 5.35. The Labute approximate surface area is 90.2 Å². The maximum Gasteiger partial charge on any atom is 0.213 e. The lowest BCUT2D eigenvalue weighted by atomic mass is 10.1. The third kappa shape index (κ3) is 2.80. The molecule has 0 atom stereocenters. The van der Waals surface area contributed by atoms with E-state index in [1.807, 2.05) is 19.1 Å². The second kappa shape index (κ2) is 4.94. The minimum Gasteiger partial charge on any atom is -0.478 e. The Balaban J connectivity index is 2.13. The van der Waals surface area contributed by atoms with Crippen molar-refractivity contribution in [3.63, 3.8) is 0 Å². The van der Waals surface area contributed by atoms with Gasteiger partial charge in [0, 0.05) is 18.8 Å². The van der Waals surface area contributed by atoms with Crippen LogP contribution >= 0.6 is 0 Å². The smallest absolute Gasteiger partial charge is 0.213 e. The fourth-order valence-corrected chi connectivity index (χ4v) is 1.69. The summed E-state index contributed by atoms with van der Waals surface area (Å²) in [7, 11) is 0. The number of hydrogen-bond acceptors (Lipinski definition) is 3. The highest BCUT2D eigenvalue weighted by molar-refractivity contribution is 5.54. The van der Waals surface area contributed by atoms with Crippen molar-refractivity contribution in [3.05, 3.63) is 29.5 Å². The molecule has 0 saturated carbocycles. The molecule has 1 aromatic heterocycles. The van der Waals surface area contributed by atoms with E-state index >= 15 is 0 Å². The molecule has 1 fully saturated rings. The van der Waals surface area contributed by atoms with Crippen LogP contribution < -0.4 is 10.1 Å². The van der Waals surface area contributed by atoms with Crippen molar-refractivity contribution in [2.24, 2.45) is 0 Å². The molecule has 1 aromatic rings. The van der Waals surface area contributed by atoms with Gasteiger partial charge in [-0.15, -0.1) is 0 Å². The fraction of sp³-hybridized carbons (Fsp3) is 0.417. The molecule has 2 heterocycles. The lowest BCUT2D eigenvalue weighted by Crippen LogP contribution is -2.04. The molecule has 0 bridgehead atoms. The summed E-state index contributed by atoms with van der Waals surface area (Å²) in [5.74, 6) is 0.706. The van der Waals surface area contributed by atoms with Gasteiger partial charge >= 0.3 is 0 Å². The topological polar surface area (TPSA) is 34.1 Å². The van der Waals surface area contributed by atoms with E-state index in [9.17, 15) is 0 Å². The van der Waals surface area contributed by atoms with Crippen LogP contribution in [0, 0.1) is 0 Å². The van der Waals surface area contributed by atoms with E-state index in [1.54, 1.807) is 6.20 Å². The zero-order valence-electron chi connectivity index (χ0n) is 8.99. The molecule has 0 amide bonds. The van der Waals surface area contributed by atoms with E-state index in [2.05, 4.69) is 16.4 Å². The second-order valence-corrected chi connectivity index (χ2v) is 3.59. The van der Waals surface area contributed by atoms with E-state index in [4.69, 9.17) is 4.74 Å². The highest BCUT2D eigenvalue weighted by Crippen LogP contribution is 2.15. The molecule has 0 aliphatic carbocycles. The van der Waals surface area contributed by atoms with Gasteiger partial charge in [-0.2, -0.15) is 0 Å². The van der Waals surface area contributed by atoms with Crippen LogP contribution in [0.4, 0.5) is 0 Å². The molecule has 2 rings (SSSR count). The zero-order chi connectivity index (χ0) is 10.5. The average Bonchev–Trinajstić information content (AvgIpc) is 2.71. The first-order valence-electron chi connectivity index (χ1n) is 5.37. The molecule has 1 N–H and O–H groups in total. The highest BCUT2D eigenvalue weighted by atomic mass is 16.5. The summed E-state index contributed by atoms with van der Waals surface area (Å²) in [5.41, 5.74) is 2.62. The minimum absolute atomic E-state index is 0.661. The normalized spacial score (nSPS) is 18.3. The van der Waals surface area contributed by atoms with Crippen molar-refractivity contribution < 1.29 is 4.74 Å². The van der Waals surface area contributed by atoms with E-state index in [0.29, 0.717) is 12.5 Å². The fourth-order valence-electron chi connectivity index (χ4n) is 1.69. The molecule has 3 nitrogen and oxygen atoms in total. The van der Waals surface area contributed by atoms with E-state index < -0.39 is 0 Å². The molecule has 0 spiro atoms. The summed E-state index contributed by atoms with van der Waals surface area (Å²) >= 11 is 0. The average molecular weight is 204 g/mol. The van der Waals surface area contributed by atoms with Crippen LogP contribution in [-0.2, 0) is 0 Å². The van der Waals surface area contributed by atoms with Gasteiger partial charge in [0.05, 0.1) is 6.61 Å². The molecule has 1 aliphatic heterocycles. The van der Waals surface area contributed by atoms with Crippen molar-refractivity contribution in [3.8, 4) is 5.88 Å². The van der Waals surface area contributed by atoms with Gasteiger partial charge in [0.1, 0.15) is 0 Å². The number of nitrogens with one attached hydrogen (secondary N) is 1. The molecule has 0 radical (unpaired) electrons. The Bertz CT molecular complexity index is 352. The van der Waals surface area contributed by atoms with Crippen molar-refractivity contribution in [2.45, 2.75) is 13.3 Å². The van der Waals surface area contributed by atoms with Gasteiger partial charge < -0.3 is 10.1 Å². The quantitative estimate of drug-likeness (QED) is 0.816. The monoisotopic (exact) mass is 204 g/mol. The molecular weight excluding hydrogens is 188 g/mol. The third-order valence-corrected chi connectivity index (χ3v) is 2.40. The van der Waals surface area contributed by atoms with Crippen LogP contribution in [0.1, 0.15) is 18.9 Å². The van der Waals surface area contributed by atoms with Crippen molar-refractivity contribution in [1.82, 2.24) is 10.3 Å². The molecule has 15 heavy (non-hydrogen) atoms. The van der Waals surface area contributed by atoms with Gasteiger partial charge in [0.25, 0.3) is 0 Å². The summed E-state index contributed by atoms with van der Waals surface area (Å²) in [6.45, 7) is 4.73. The zero-order valence-corrected chi connectivity index (χ0v) is 8.99. The standard InChI is InChI=1S/C12H16N2O/c1-2-15-12-8-10(4-6-14-12)7-11-3-5-13-9-11/h4,6-8,13H,2-3,5,9H2,1H3/b11-7+. The van der Waals surface area contributed by atoms with Crippen LogP contribution in [0.15, 0.2) is 23.9 Å². The van der Waals surface area contributed by atoms with Crippen LogP contribution in [0.3, 0.4) is 0 Å². The molecule has 0 unspecified atom stereocenters. The Kier molecular flexibility index (Phi) is 3.35. The van der Waals surface area contributed by atoms with Crippen molar-refractivity contribution >= 4 is 6.08 Å². The van der Waals surface area contributed by atoms with Crippen LogP contribution in [0.2, 0.25) is 0 Å². The largest absolute Gasteiger partial charge is 0.478 e. The van der Waals surface area contributed by atoms with Gasteiger partial charge in [0.15, 0.2) is 0 Å². The van der Waals surface area contributed by atoms with Gasteiger partial charge in [-0.3, -0.25) is 0 Å². The number of pyridine rings is 1. The number of nitrogens with zero attached hydrogens (tertiary/aromatic N) is 1. The summed E-state index contributed by atoms with van der Waals surface area (Å²) < 4.78 is 5.35. The van der Waals surface area contributed by atoms with E-state index in [1.165, 1.54) is 11.1 Å². The van der Waals surface area contributed by atoms with Crippen LogP contribution in [0.5, 0.6) is 5.88 Å². The van der Waals surface area contributed by atoms with Gasteiger partial charge in [-0.1, -0.05) is 11.6 Å². The summed E-state index contributed by atoms with van der Waals surface area (Å²) in [5, 5.41) is 3.32. The number of rotatable bonds is 3. The summed E-state index contributed by atoms with van der Waals surface area (Å²) in [6, 6.07) is 3.99. The SMILES string of the molecule is CCOc1cc(/C=C2\CCNC2)ccn1. The van der Waals surface area contributed by atoms with Gasteiger partial charge in [0.2, 0.25) is 5.88 Å². The van der Waals surface area contributed by atoms with E-state index in [0.717, 1.165) is 19.5 Å². The van der Waals surface area contributed by atoms with Gasteiger partial charge in [-0.25, -0.2) is 4.98 Å². The lowest BCUT2D eigenvalue weighted by Gasteiger charge is -2.02. The molecule has 80 valence electrons. The Morgan fingerprint density at radius 2 is 2.53 bits per heavy atom. The van der Waals surface area contributed by atoms with Crippen LogP contribution in [0.25, 0.3) is 6.08 Å². The highest BCUT2D eigenvalue weighted by Gasteiger charge is 2.05. The number of hydrogen-bond donors (Lipinski definition) is 1. The first-order valence-corrected chi connectivity index (χ1v) is 5.37. The molecular formula is C12H16N2O. The Morgan fingerprint density at radius 3 is 3.27 bits per heavy atom. The van der Waals surface area contributed by atoms with E-state index in [-0.39, 0.29) is 0 Å². The van der Waals surface area contributed by atoms with Gasteiger partial charge in [-0.05, 0) is 31.5 Å². The Morgan fingerprint density at radius 1 is 1.60 bits per heavy atom. The third-order valence-electron chi connectivity index (χ3n) is 2.40. The minimum atomic E-state index is 0.661. The number of ether oxygens (including phenoxy) is 1. The summed E-state index contributed by atoms with van der Waals surface area (Å²) in [6.07, 6.45) is 5.15.